The highest BCUT2D eigenvalue weighted by atomic mass is 16.5. The molecule has 0 aromatic heterocycles. The van der Waals surface area contributed by atoms with Gasteiger partial charge in [0.25, 0.3) is 0 Å². The van der Waals surface area contributed by atoms with Crippen LogP contribution in [0.3, 0.4) is 0 Å². The number of hydrogen-bond acceptors (Lipinski definition) is 4. The van der Waals surface area contributed by atoms with Crippen molar-refractivity contribution in [2.75, 3.05) is 13.2 Å². The Morgan fingerprint density at radius 2 is 0.690 bits per heavy atom. The minimum absolute atomic E-state index is 0.0233. The van der Waals surface area contributed by atoms with Crippen molar-refractivity contribution < 1.29 is 19.7 Å². The Kier molecular flexibility index (Phi) is 24.7. The first kappa shape index (κ1) is 38.4. The minimum atomic E-state index is -0.120. The van der Waals surface area contributed by atoms with E-state index in [1.165, 1.54) is 109 Å². The molecule has 0 aliphatic heterocycles. The molecule has 2 N–H and O–H groups in total. The van der Waals surface area contributed by atoms with E-state index in [1.54, 1.807) is 0 Å². The summed E-state index contributed by atoms with van der Waals surface area (Å²) >= 11 is 0. The highest BCUT2D eigenvalue weighted by Gasteiger charge is 2.26. The van der Waals surface area contributed by atoms with E-state index in [9.17, 15) is 10.2 Å². The molecule has 1 aromatic rings. The Morgan fingerprint density at radius 1 is 0.357 bits per heavy atom. The summed E-state index contributed by atoms with van der Waals surface area (Å²) in [4.78, 5) is 0. The van der Waals surface area contributed by atoms with Gasteiger partial charge >= 0.3 is 0 Å². The van der Waals surface area contributed by atoms with Crippen molar-refractivity contribution in [3.8, 4) is 23.0 Å². The summed E-state index contributed by atoms with van der Waals surface area (Å²) in [6.07, 6.45) is 30.6. The van der Waals surface area contributed by atoms with Gasteiger partial charge in [0.2, 0.25) is 11.5 Å². The van der Waals surface area contributed by atoms with E-state index in [0.29, 0.717) is 24.7 Å². The zero-order chi connectivity index (χ0) is 30.7. The van der Waals surface area contributed by atoms with Crippen LogP contribution in [-0.4, -0.2) is 23.4 Å². The number of rotatable bonds is 30. The normalized spacial score (nSPS) is 11.3. The van der Waals surface area contributed by atoms with Crippen LogP contribution in [0.2, 0.25) is 0 Å². The summed E-state index contributed by atoms with van der Waals surface area (Å²) in [6.45, 7) is 10.2. The Hall–Kier alpha value is -1.58. The van der Waals surface area contributed by atoms with Crippen molar-refractivity contribution in [2.24, 2.45) is 0 Å². The van der Waals surface area contributed by atoms with E-state index in [2.05, 4.69) is 27.7 Å². The summed E-state index contributed by atoms with van der Waals surface area (Å²) in [5.41, 5.74) is 1.97. The summed E-state index contributed by atoms with van der Waals surface area (Å²) < 4.78 is 12.7. The number of hydrogen-bond donors (Lipinski definition) is 2. The molecule has 0 radical (unpaired) electrons. The topological polar surface area (TPSA) is 58.9 Å². The van der Waals surface area contributed by atoms with Gasteiger partial charge in [0.15, 0.2) is 11.5 Å². The van der Waals surface area contributed by atoms with Crippen molar-refractivity contribution in [1.82, 2.24) is 0 Å². The summed E-state index contributed by atoms with van der Waals surface area (Å²) in [7, 11) is 0. The fourth-order valence-corrected chi connectivity index (χ4v) is 5.87. The molecular weight excluding hydrogens is 520 g/mol. The van der Waals surface area contributed by atoms with Crippen LogP contribution >= 0.6 is 0 Å². The van der Waals surface area contributed by atoms with Crippen LogP contribution in [-0.2, 0) is 12.8 Å². The highest BCUT2D eigenvalue weighted by Crippen LogP contribution is 2.50. The molecule has 0 bridgehead atoms. The van der Waals surface area contributed by atoms with E-state index in [0.717, 1.165) is 68.9 Å². The van der Waals surface area contributed by atoms with Crippen molar-refractivity contribution >= 4 is 0 Å². The zero-order valence-corrected chi connectivity index (χ0v) is 28.5. The van der Waals surface area contributed by atoms with Crippen molar-refractivity contribution in [1.29, 1.82) is 0 Å². The van der Waals surface area contributed by atoms with Crippen LogP contribution in [0, 0.1) is 0 Å². The fraction of sp³-hybridized carbons (Fsp3) is 0.842. The van der Waals surface area contributed by atoms with Crippen LogP contribution in [0.1, 0.15) is 193 Å². The largest absolute Gasteiger partial charge is 0.504 e. The molecule has 1 aromatic carbocycles. The van der Waals surface area contributed by atoms with E-state index in [4.69, 9.17) is 9.47 Å². The third kappa shape index (κ3) is 16.9. The van der Waals surface area contributed by atoms with Gasteiger partial charge in [0.05, 0.1) is 13.2 Å². The number of ether oxygens (including phenoxy) is 2. The molecule has 0 saturated heterocycles. The minimum Gasteiger partial charge on any atom is -0.504 e. The van der Waals surface area contributed by atoms with Crippen molar-refractivity contribution in [2.45, 2.75) is 195 Å². The first-order valence-corrected chi connectivity index (χ1v) is 18.5. The van der Waals surface area contributed by atoms with Crippen LogP contribution < -0.4 is 9.47 Å². The molecule has 0 amide bonds. The predicted octanol–water partition coefficient (Wildman–Crippen LogP) is 12.4. The molecule has 42 heavy (non-hydrogen) atoms. The number of aromatic hydroxyl groups is 2. The Morgan fingerprint density at radius 3 is 1.12 bits per heavy atom. The lowest BCUT2D eigenvalue weighted by Crippen LogP contribution is -2.09. The van der Waals surface area contributed by atoms with Crippen LogP contribution in [0.25, 0.3) is 0 Å². The number of phenolic OH excluding ortho intramolecular Hbond substituents is 2. The van der Waals surface area contributed by atoms with E-state index < -0.39 is 0 Å². The fourth-order valence-electron chi connectivity index (χ4n) is 5.87. The molecule has 4 nitrogen and oxygen atoms in total. The molecule has 246 valence electrons. The van der Waals surface area contributed by atoms with Crippen molar-refractivity contribution in [3.05, 3.63) is 11.1 Å². The smallest absolute Gasteiger partial charge is 0.207 e. The third-order valence-electron chi connectivity index (χ3n) is 8.62. The lowest BCUT2D eigenvalue weighted by molar-refractivity contribution is 0.242. The highest BCUT2D eigenvalue weighted by molar-refractivity contribution is 5.66. The average Bonchev–Trinajstić information content (AvgIpc) is 2.99. The summed E-state index contributed by atoms with van der Waals surface area (Å²) in [6, 6.07) is 0. The lowest BCUT2D eigenvalue weighted by Gasteiger charge is -2.22. The standard InChI is InChI=1S/C38H70O4/c1-5-9-13-17-19-21-25-29-33-34(30-26-22-20-18-14-10-6-2)37(41-31-27-23-15-11-7-3)38(36(40)35(33)39)42-32-28-24-16-12-8-4/h39-40H,5-32H2,1-4H3. The van der Waals surface area contributed by atoms with Gasteiger partial charge in [-0.1, -0.05) is 156 Å². The predicted molar refractivity (Wildman–Crippen MR) is 182 cm³/mol. The molecule has 0 unspecified atom stereocenters. The van der Waals surface area contributed by atoms with Gasteiger partial charge in [-0.15, -0.1) is 0 Å². The Bertz CT molecular complexity index is 760. The van der Waals surface area contributed by atoms with Gasteiger partial charge < -0.3 is 19.7 Å². The number of unbranched alkanes of at least 4 members (excludes halogenated alkanes) is 20. The van der Waals surface area contributed by atoms with Crippen molar-refractivity contribution in [3.63, 3.8) is 0 Å². The van der Waals surface area contributed by atoms with Gasteiger partial charge in [-0.2, -0.15) is 0 Å². The summed E-state index contributed by atoms with van der Waals surface area (Å²) in [5, 5.41) is 22.5. The Labute approximate surface area is 261 Å². The SMILES string of the molecule is CCCCCCCCCc1c(O)c(O)c(OCCCCCCC)c(OCCCCCCC)c1CCCCCCCCC. The molecule has 1 rings (SSSR count). The maximum Gasteiger partial charge on any atom is 0.207 e. The molecule has 0 spiro atoms. The van der Waals surface area contributed by atoms with Gasteiger partial charge in [-0.3, -0.25) is 0 Å². The zero-order valence-electron chi connectivity index (χ0n) is 28.5. The number of benzene rings is 1. The van der Waals surface area contributed by atoms with Gasteiger partial charge in [0.1, 0.15) is 0 Å². The van der Waals surface area contributed by atoms with Gasteiger partial charge in [0, 0.05) is 11.1 Å². The number of phenols is 2. The quantitative estimate of drug-likeness (QED) is 0.0691. The van der Waals surface area contributed by atoms with E-state index >= 15 is 0 Å². The second-order valence-electron chi connectivity index (χ2n) is 12.6. The van der Waals surface area contributed by atoms with Crippen LogP contribution in [0.15, 0.2) is 0 Å². The maximum atomic E-state index is 11.3. The lowest BCUT2D eigenvalue weighted by atomic mass is 9.93. The molecule has 0 aliphatic carbocycles. The monoisotopic (exact) mass is 591 g/mol. The Balaban J connectivity index is 3.11. The third-order valence-corrected chi connectivity index (χ3v) is 8.62. The van der Waals surface area contributed by atoms with E-state index in [-0.39, 0.29) is 11.5 Å². The second-order valence-corrected chi connectivity index (χ2v) is 12.6. The maximum absolute atomic E-state index is 11.3. The van der Waals surface area contributed by atoms with Gasteiger partial charge in [-0.05, 0) is 38.5 Å². The molecular formula is C38H70O4. The average molecular weight is 591 g/mol. The van der Waals surface area contributed by atoms with Crippen LogP contribution in [0.5, 0.6) is 23.0 Å². The molecule has 0 atom stereocenters. The molecule has 0 heterocycles. The second kappa shape index (κ2) is 27.0. The van der Waals surface area contributed by atoms with Crippen LogP contribution in [0.4, 0.5) is 0 Å². The summed E-state index contributed by atoms with van der Waals surface area (Å²) in [5.74, 6) is 0.983. The first-order chi connectivity index (χ1) is 20.6. The molecule has 0 saturated carbocycles. The van der Waals surface area contributed by atoms with E-state index in [1.807, 2.05) is 0 Å². The molecule has 0 fully saturated rings. The molecule has 0 aliphatic rings. The first-order valence-electron chi connectivity index (χ1n) is 18.5. The molecule has 4 heteroatoms. The van der Waals surface area contributed by atoms with Gasteiger partial charge in [-0.25, -0.2) is 0 Å².